The number of hydrogen-bond donors (Lipinski definition) is 0. The zero-order chi connectivity index (χ0) is 15.0. The van der Waals surface area contributed by atoms with Gasteiger partial charge in [-0.05, 0) is 0 Å². The molecule has 0 aromatic heterocycles. The van der Waals surface area contributed by atoms with Crippen LogP contribution in [0.25, 0.3) is 0 Å². The van der Waals surface area contributed by atoms with Crippen LogP contribution in [0.3, 0.4) is 0 Å². The van der Waals surface area contributed by atoms with E-state index in [4.69, 9.17) is 0 Å². The van der Waals surface area contributed by atoms with Gasteiger partial charge in [0.05, 0.1) is 0 Å². The van der Waals surface area contributed by atoms with Crippen molar-refractivity contribution >= 4 is 23.7 Å². The zero-order valence-electron chi connectivity index (χ0n) is 14.3. The van der Waals surface area contributed by atoms with E-state index in [-0.39, 0.29) is 5.41 Å². The first kappa shape index (κ1) is 17.1. The maximum atomic E-state index is 2.55. The van der Waals surface area contributed by atoms with Gasteiger partial charge >= 0.3 is 128 Å². The Morgan fingerprint density at radius 2 is 1.37 bits per heavy atom. The minimum absolute atomic E-state index is 0.255. The van der Waals surface area contributed by atoms with E-state index >= 15 is 0 Å². The molecule has 0 aliphatic carbocycles. The fraction of sp³-hybridized carbons (Fsp3) is 0.667. The molecule has 1 aromatic rings. The molecule has 19 heavy (non-hydrogen) atoms. The molecule has 0 radical (unpaired) electrons. The molecule has 0 unspecified atom stereocenters. The summed E-state index contributed by atoms with van der Waals surface area (Å²) in [5, 5.41) is 0. The molecule has 1 aromatic carbocycles. The summed E-state index contributed by atoms with van der Waals surface area (Å²) in [5.41, 5.74) is 4.78. The zero-order valence-corrected chi connectivity index (χ0v) is 16.8. The Morgan fingerprint density at radius 1 is 0.895 bits per heavy atom. The van der Waals surface area contributed by atoms with Crippen LogP contribution in [0.15, 0.2) is 12.1 Å². The van der Waals surface area contributed by atoms with E-state index in [9.17, 15) is 0 Å². The Bertz CT molecular complexity index is 428. The van der Waals surface area contributed by atoms with Gasteiger partial charge in [-0.15, -0.1) is 0 Å². The predicted octanol–water partition coefficient (Wildman–Crippen LogP) is 5.12. The van der Waals surface area contributed by atoms with E-state index in [0.29, 0.717) is 0 Å². The van der Waals surface area contributed by atoms with Gasteiger partial charge in [0.1, 0.15) is 0 Å². The predicted molar refractivity (Wildman–Crippen MR) is 90.2 cm³/mol. The summed E-state index contributed by atoms with van der Waals surface area (Å²) in [6.45, 7) is 21.3. The van der Waals surface area contributed by atoms with Crippen molar-refractivity contribution in [2.24, 2.45) is 0 Å². The SMILES string of the molecule is Cc1c[c]([Sb]([CH](C)C)[CH](C)C)cc(C(C)(C)C)c1C. The van der Waals surface area contributed by atoms with Gasteiger partial charge in [-0.25, -0.2) is 0 Å². The summed E-state index contributed by atoms with van der Waals surface area (Å²) in [6.07, 6.45) is 0. The normalized spacial score (nSPS) is 12.8. The first-order valence-electron chi connectivity index (χ1n) is 7.45. The molecule has 0 atom stereocenters. The van der Waals surface area contributed by atoms with Gasteiger partial charge in [-0.1, -0.05) is 0 Å². The average Bonchev–Trinajstić information content (AvgIpc) is 2.20. The van der Waals surface area contributed by atoms with Crippen molar-refractivity contribution in [2.45, 2.75) is 75.5 Å². The fourth-order valence-electron chi connectivity index (χ4n) is 2.96. The number of benzene rings is 1. The minimum atomic E-state index is -1.38. The summed E-state index contributed by atoms with van der Waals surface area (Å²) in [7, 11) is 0. The van der Waals surface area contributed by atoms with Gasteiger partial charge in [0.25, 0.3) is 0 Å². The number of hydrogen-bond acceptors (Lipinski definition) is 0. The van der Waals surface area contributed by atoms with E-state index in [0.717, 1.165) is 7.73 Å². The number of rotatable bonds is 3. The van der Waals surface area contributed by atoms with Gasteiger partial charge < -0.3 is 0 Å². The second-order valence-electron chi connectivity index (χ2n) is 7.28. The molecule has 0 bridgehead atoms. The van der Waals surface area contributed by atoms with Crippen molar-refractivity contribution in [2.75, 3.05) is 0 Å². The molecule has 0 aliphatic rings. The molecular weight excluding hydrogens is 338 g/mol. The molecule has 0 aliphatic heterocycles. The second-order valence-corrected chi connectivity index (χ2v) is 17.0. The van der Waals surface area contributed by atoms with Crippen LogP contribution < -0.4 is 3.51 Å². The van der Waals surface area contributed by atoms with E-state index < -0.39 is 20.2 Å². The van der Waals surface area contributed by atoms with Crippen LogP contribution in [0.2, 0.25) is 7.73 Å². The Kier molecular flexibility index (Phi) is 5.59. The quantitative estimate of drug-likeness (QED) is 0.649. The monoisotopic (exact) mass is 368 g/mol. The van der Waals surface area contributed by atoms with Crippen molar-refractivity contribution in [3.8, 4) is 0 Å². The molecular formula is C18H31Sb. The fourth-order valence-corrected chi connectivity index (χ4v) is 11.5. The molecule has 0 fully saturated rings. The molecule has 0 N–H and O–H groups in total. The molecule has 0 amide bonds. The van der Waals surface area contributed by atoms with Crippen LogP contribution in [-0.2, 0) is 5.41 Å². The molecule has 0 heterocycles. The Labute approximate surface area is 128 Å². The maximum absolute atomic E-state index is 2.55. The van der Waals surface area contributed by atoms with Crippen LogP contribution in [0.4, 0.5) is 0 Å². The molecule has 0 saturated heterocycles. The third kappa shape index (κ3) is 4.00. The summed E-state index contributed by atoms with van der Waals surface area (Å²) in [5.74, 6) is 0. The van der Waals surface area contributed by atoms with Crippen LogP contribution in [0, 0.1) is 13.8 Å². The van der Waals surface area contributed by atoms with E-state index in [2.05, 4.69) is 74.4 Å². The van der Waals surface area contributed by atoms with Crippen molar-refractivity contribution < 1.29 is 0 Å². The van der Waals surface area contributed by atoms with Gasteiger partial charge in [-0.2, -0.15) is 0 Å². The molecule has 0 spiro atoms. The van der Waals surface area contributed by atoms with Crippen molar-refractivity contribution in [1.82, 2.24) is 0 Å². The Morgan fingerprint density at radius 3 is 1.74 bits per heavy atom. The topological polar surface area (TPSA) is 0 Å². The molecule has 108 valence electrons. The van der Waals surface area contributed by atoms with Crippen molar-refractivity contribution in [3.63, 3.8) is 0 Å². The van der Waals surface area contributed by atoms with Gasteiger partial charge in [0, 0.05) is 0 Å². The van der Waals surface area contributed by atoms with E-state index in [1.165, 1.54) is 11.1 Å². The van der Waals surface area contributed by atoms with Crippen LogP contribution >= 0.6 is 0 Å². The van der Waals surface area contributed by atoms with Gasteiger partial charge in [-0.3, -0.25) is 0 Å². The second kappa shape index (κ2) is 6.21. The first-order valence-corrected chi connectivity index (χ1v) is 11.7. The average molecular weight is 369 g/mol. The summed E-state index contributed by atoms with van der Waals surface area (Å²) >= 11 is -1.38. The number of aryl methyl sites for hydroxylation is 1. The van der Waals surface area contributed by atoms with Crippen LogP contribution in [0.5, 0.6) is 0 Å². The molecule has 1 heteroatoms. The van der Waals surface area contributed by atoms with Crippen LogP contribution in [0.1, 0.15) is 65.2 Å². The molecule has 0 saturated carbocycles. The Hall–Kier alpha value is 0.0382. The van der Waals surface area contributed by atoms with Crippen molar-refractivity contribution in [1.29, 1.82) is 0 Å². The molecule has 1 rings (SSSR count). The standard InChI is InChI=1S/C12H17.2C3H7.Sb/c1-9-7-6-8-11(10(9)2)12(3,4)5;2*1-3-2;/h7-8H,1-5H3;2*3H,1-2H3;. The van der Waals surface area contributed by atoms with Gasteiger partial charge in [0.2, 0.25) is 0 Å². The summed E-state index contributed by atoms with van der Waals surface area (Å²) in [4.78, 5) is 0. The Balaban J connectivity index is 3.42. The van der Waals surface area contributed by atoms with E-state index in [1.54, 1.807) is 9.07 Å². The van der Waals surface area contributed by atoms with Crippen molar-refractivity contribution in [3.05, 3.63) is 28.8 Å². The van der Waals surface area contributed by atoms with Gasteiger partial charge in [0.15, 0.2) is 0 Å². The summed E-state index contributed by atoms with van der Waals surface area (Å²) in [6, 6.07) is 5.04. The van der Waals surface area contributed by atoms with Crippen LogP contribution in [-0.4, -0.2) is 20.2 Å². The third-order valence-corrected chi connectivity index (χ3v) is 12.7. The third-order valence-electron chi connectivity index (χ3n) is 3.87. The van der Waals surface area contributed by atoms with E-state index in [1.807, 2.05) is 0 Å². The summed E-state index contributed by atoms with van der Waals surface area (Å²) < 4.78 is 3.46. The first-order chi connectivity index (χ1) is 8.55. The molecule has 0 nitrogen and oxygen atoms in total.